The predicted molar refractivity (Wildman–Crippen MR) is 139 cm³/mol. The molecule has 6 heteroatoms. The highest BCUT2D eigenvalue weighted by molar-refractivity contribution is 5.70. The maximum atomic E-state index is 12.5. The Hall–Kier alpha value is -0.950. The number of fused-ring (bicyclic) bond motifs is 5. The van der Waals surface area contributed by atoms with Crippen LogP contribution in [0.3, 0.4) is 0 Å². The molecule has 0 spiro atoms. The van der Waals surface area contributed by atoms with Gasteiger partial charge in [-0.3, -0.25) is 4.79 Å². The van der Waals surface area contributed by atoms with Crippen LogP contribution in [0.25, 0.3) is 0 Å². The lowest BCUT2D eigenvalue weighted by molar-refractivity contribution is -0.159. The quantitative estimate of drug-likeness (QED) is 0.312. The predicted octanol–water partition coefficient (Wildman–Crippen LogP) is 4.40. The van der Waals surface area contributed by atoms with Crippen molar-refractivity contribution in [3.63, 3.8) is 0 Å². The summed E-state index contributed by atoms with van der Waals surface area (Å²) < 4.78 is 0. The third-order valence-corrected chi connectivity index (χ3v) is 12.3. The Morgan fingerprint density at radius 2 is 1.61 bits per heavy atom. The van der Waals surface area contributed by atoms with E-state index in [9.17, 15) is 30.3 Å². The molecular weight excluding hydrogens is 456 g/mol. The van der Waals surface area contributed by atoms with E-state index in [1.54, 1.807) is 0 Å². The average Bonchev–Trinajstić information content (AvgIpc) is 3.09. The summed E-state index contributed by atoms with van der Waals surface area (Å²) in [5.41, 5.74) is 0.676. The van der Waals surface area contributed by atoms with Crippen LogP contribution < -0.4 is 0 Å². The van der Waals surface area contributed by atoms with Gasteiger partial charge >= 0.3 is 5.97 Å². The Bertz CT molecular complexity index is 864. The van der Waals surface area contributed by atoms with Crippen molar-refractivity contribution in [3.8, 4) is 0 Å². The van der Waals surface area contributed by atoms with E-state index in [0.29, 0.717) is 37.5 Å². The molecule has 3 saturated carbocycles. The molecular formula is C30H50O6. The molecule has 3 fully saturated rings. The van der Waals surface area contributed by atoms with Crippen LogP contribution >= 0.6 is 0 Å². The molecule has 36 heavy (non-hydrogen) atoms. The molecule has 0 aromatic heterocycles. The highest BCUT2D eigenvalue weighted by atomic mass is 16.4. The molecule has 0 amide bonds. The third kappa shape index (κ3) is 4.01. The van der Waals surface area contributed by atoms with Gasteiger partial charge in [0.25, 0.3) is 0 Å². The molecule has 0 radical (unpaired) electrons. The second-order valence-corrected chi connectivity index (χ2v) is 14.0. The lowest BCUT2D eigenvalue weighted by Crippen LogP contribution is -2.60. The molecule has 4 aliphatic carbocycles. The van der Waals surface area contributed by atoms with E-state index in [0.717, 1.165) is 32.1 Å². The first-order chi connectivity index (χ1) is 16.8. The Kier molecular flexibility index (Phi) is 7.53. The fourth-order valence-electron chi connectivity index (χ4n) is 9.98. The van der Waals surface area contributed by atoms with Gasteiger partial charge in [-0.15, -0.1) is 0 Å². The molecule has 0 heterocycles. The molecule has 0 aromatic carbocycles. The molecule has 0 saturated heterocycles. The zero-order valence-corrected chi connectivity index (χ0v) is 23.0. The Balaban J connectivity index is 1.61. The lowest BCUT2D eigenvalue weighted by Gasteiger charge is -2.65. The maximum Gasteiger partial charge on any atom is 0.306 e. The number of hydrogen-bond acceptors (Lipinski definition) is 5. The van der Waals surface area contributed by atoms with Crippen LogP contribution in [0.15, 0.2) is 11.6 Å². The van der Waals surface area contributed by atoms with Crippen LogP contribution in [0.1, 0.15) is 92.4 Å². The second-order valence-electron chi connectivity index (χ2n) is 14.0. The molecule has 0 aliphatic heterocycles. The van der Waals surface area contributed by atoms with Crippen molar-refractivity contribution < 1.29 is 30.3 Å². The smallest absolute Gasteiger partial charge is 0.306 e. The van der Waals surface area contributed by atoms with Crippen LogP contribution in [0.4, 0.5) is 0 Å². The zero-order chi connectivity index (χ0) is 26.7. The van der Waals surface area contributed by atoms with Crippen LogP contribution in [0.2, 0.25) is 0 Å². The molecule has 9 atom stereocenters. The van der Waals surface area contributed by atoms with E-state index in [-0.39, 0.29) is 41.3 Å². The van der Waals surface area contributed by atoms with E-state index in [2.05, 4.69) is 40.7 Å². The molecule has 0 bridgehead atoms. The summed E-state index contributed by atoms with van der Waals surface area (Å²) in [7, 11) is 0. The normalized spacial score (nSPS) is 44.4. The topological polar surface area (TPSA) is 118 Å². The summed E-state index contributed by atoms with van der Waals surface area (Å²) in [5.74, 6) is -0.291. The number of aliphatic hydroxyl groups excluding tert-OH is 4. The van der Waals surface area contributed by atoms with Crippen molar-refractivity contribution >= 4 is 5.97 Å². The molecule has 4 rings (SSSR count). The van der Waals surface area contributed by atoms with Crippen LogP contribution in [0.5, 0.6) is 0 Å². The Morgan fingerprint density at radius 3 is 2.22 bits per heavy atom. The van der Waals surface area contributed by atoms with Gasteiger partial charge in [-0.25, -0.2) is 0 Å². The summed E-state index contributed by atoms with van der Waals surface area (Å²) in [4.78, 5) is 12.5. The van der Waals surface area contributed by atoms with E-state index in [1.165, 1.54) is 5.57 Å². The van der Waals surface area contributed by atoms with Crippen molar-refractivity contribution in [1.82, 2.24) is 0 Å². The second kappa shape index (κ2) is 9.66. The van der Waals surface area contributed by atoms with Gasteiger partial charge in [-0.1, -0.05) is 52.7 Å². The van der Waals surface area contributed by atoms with Crippen LogP contribution in [0, 0.1) is 51.2 Å². The first-order valence-electron chi connectivity index (χ1n) is 14.3. The molecule has 206 valence electrons. The summed E-state index contributed by atoms with van der Waals surface area (Å²) in [5, 5.41) is 50.8. The van der Waals surface area contributed by atoms with Crippen molar-refractivity contribution in [2.24, 2.45) is 51.2 Å². The minimum atomic E-state index is -0.749. The summed E-state index contributed by atoms with van der Waals surface area (Å²) in [6.07, 6.45) is 8.39. The van der Waals surface area contributed by atoms with Crippen molar-refractivity contribution in [2.75, 3.05) is 13.2 Å². The van der Waals surface area contributed by atoms with E-state index < -0.39 is 29.5 Å². The van der Waals surface area contributed by atoms with Crippen molar-refractivity contribution in [2.45, 2.75) is 105 Å². The van der Waals surface area contributed by atoms with Crippen LogP contribution in [-0.4, -0.2) is 56.9 Å². The van der Waals surface area contributed by atoms with Crippen LogP contribution in [-0.2, 0) is 4.79 Å². The van der Waals surface area contributed by atoms with E-state index >= 15 is 0 Å². The first-order valence-corrected chi connectivity index (χ1v) is 14.3. The number of aliphatic hydroxyl groups is 4. The molecule has 6 nitrogen and oxygen atoms in total. The van der Waals surface area contributed by atoms with Gasteiger partial charge in [0.05, 0.1) is 18.1 Å². The van der Waals surface area contributed by atoms with E-state index in [1.807, 2.05) is 0 Å². The molecule has 4 aliphatic rings. The van der Waals surface area contributed by atoms with E-state index in [4.69, 9.17) is 0 Å². The van der Waals surface area contributed by atoms with Gasteiger partial charge in [0, 0.05) is 24.5 Å². The third-order valence-electron chi connectivity index (χ3n) is 12.3. The first kappa shape index (κ1) is 28.1. The van der Waals surface area contributed by atoms with Gasteiger partial charge in [-0.05, 0) is 85.4 Å². The van der Waals surface area contributed by atoms with Gasteiger partial charge in [0.1, 0.15) is 0 Å². The van der Waals surface area contributed by atoms with Gasteiger partial charge in [0.2, 0.25) is 0 Å². The van der Waals surface area contributed by atoms with Crippen molar-refractivity contribution in [3.05, 3.63) is 11.6 Å². The van der Waals surface area contributed by atoms with Gasteiger partial charge in [0.15, 0.2) is 0 Å². The number of carboxylic acids is 1. The fourth-order valence-corrected chi connectivity index (χ4v) is 9.98. The number of allylic oxidation sites excluding steroid dienone is 1. The number of hydrogen-bond donors (Lipinski definition) is 5. The lowest BCUT2D eigenvalue weighted by atomic mass is 9.40. The highest BCUT2D eigenvalue weighted by Gasteiger charge is 2.67. The fraction of sp³-hybridized carbons (Fsp3) is 0.900. The number of rotatable bonds is 8. The summed E-state index contributed by atoms with van der Waals surface area (Å²) >= 11 is 0. The highest BCUT2D eigenvalue weighted by Crippen LogP contribution is 2.73. The minimum absolute atomic E-state index is 0.0310. The number of aliphatic carboxylic acids is 1. The number of carbonyl (C=O) groups is 1. The molecule has 0 aromatic rings. The largest absolute Gasteiger partial charge is 0.481 e. The van der Waals surface area contributed by atoms with Crippen molar-refractivity contribution in [1.29, 1.82) is 0 Å². The molecule has 0 unspecified atom stereocenters. The average molecular weight is 507 g/mol. The Labute approximate surface area is 217 Å². The van der Waals surface area contributed by atoms with Gasteiger partial charge < -0.3 is 25.5 Å². The minimum Gasteiger partial charge on any atom is -0.481 e. The Morgan fingerprint density at radius 1 is 0.972 bits per heavy atom. The zero-order valence-electron chi connectivity index (χ0n) is 23.0. The summed E-state index contributed by atoms with van der Waals surface area (Å²) in [6, 6.07) is 0. The standard InChI is InChI=1S/C30H50O6/c1-27(2)24-10-9-22-21(28(24,3)15-23(33)25(27)34)12-14-29(4)20(11-13-30(22,29)5)19(26(35)36)8-6-7-18(16-31)17-32/h10,18-23,25,31-34H,6-9,11-17H2,1-5H3,(H,35,36)/t19-,20-,21+,22-,23+,25+,28-,29-,30+/m1/s1. The number of carboxylic acid groups (broad SMARTS) is 1. The SMILES string of the molecule is CC1(C)C2=CC[C@@H]3[C@H](CC[C@]4(C)[C@@H]([C@@H](CCCC(CO)CO)C(=O)O)CC[C@@]34C)[C@@]2(C)C[C@H](O)[C@@H]1O. The monoisotopic (exact) mass is 506 g/mol. The maximum absolute atomic E-state index is 12.5. The summed E-state index contributed by atoms with van der Waals surface area (Å²) in [6.45, 7) is 11.1. The molecule has 5 N–H and O–H groups in total. The van der Waals surface area contributed by atoms with Gasteiger partial charge in [-0.2, -0.15) is 0 Å².